The number of alkyl carbamates (subject to hydrolysis) is 1. The van der Waals surface area contributed by atoms with Crippen LogP contribution in [0.4, 0.5) is 4.79 Å². The number of carbonyl (C=O) groups excluding carboxylic acids is 5. The third-order valence-electron chi connectivity index (χ3n) is 12.5. The number of fused-ring (bicyclic) bond motifs is 2. The van der Waals surface area contributed by atoms with E-state index in [4.69, 9.17) is 24.7 Å². The van der Waals surface area contributed by atoms with E-state index in [1.54, 1.807) is 26.8 Å². The Labute approximate surface area is 445 Å². The number of nitrogens with zero attached hydrogens (tertiary/aromatic N) is 1. The van der Waals surface area contributed by atoms with Crippen molar-refractivity contribution in [2.24, 2.45) is 22.6 Å². The van der Waals surface area contributed by atoms with Crippen molar-refractivity contribution in [1.29, 1.82) is 0 Å². The zero-order valence-electron chi connectivity index (χ0n) is 45.0. The van der Waals surface area contributed by atoms with E-state index < -0.39 is 41.4 Å². The van der Waals surface area contributed by atoms with Crippen LogP contribution in [0.15, 0.2) is 121 Å². The number of carbonyl (C=O) groups is 5. The van der Waals surface area contributed by atoms with Crippen molar-refractivity contribution in [2.45, 2.75) is 117 Å². The number of allylic oxidation sites excluding steroid dienone is 1. The highest BCUT2D eigenvalue weighted by atomic mass is 31.1. The van der Waals surface area contributed by atoms with E-state index in [9.17, 15) is 24.0 Å². The third kappa shape index (κ3) is 19.9. The monoisotopic (exact) mass is 1040 g/mol. The first kappa shape index (κ1) is 59.3. The second-order valence-corrected chi connectivity index (χ2v) is 22.8. The van der Waals surface area contributed by atoms with Crippen molar-refractivity contribution in [3.63, 3.8) is 0 Å². The molecule has 0 saturated carbocycles. The summed E-state index contributed by atoms with van der Waals surface area (Å²) in [5.74, 6) is -1.64. The molecule has 13 nitrogen and oxygen atoms in total. The van der Waals surface area contributed by atoms with E-state index in [0.717, 1.165) is 57.5 Å². The van der Waals surface area contributed by atoms with Crippen LogP contribution in [-0.2, 0) is 35.3 Å². The molecule has 0 aliphatic heterocycles. The van der Waals surface area contributed by atoms with E-state index in [2.05, 4.69) is 60.7 Å². The van der Waals surface area contributed by atoms with Gasteiger partial charge in [0.15, 0.2) is 11.6 Å². The Bertz CT molecular complexity index is 2700. The normalized spacial score (nSPS) is 12.9. The SMILES string of the molecule is C=CC[C@H](CC(=O)[C@@H](CCCN=C(N)CP(C)C)NC(=O)[C@@H](CCCCNC(=O)OC(C)(C)C)CC(=O)COc1ccc2ccccc2c1-c1c(OCCCCC)ccc2ccccc12)C(=O)OCc1ccccc1. The fraction of sp³-hybridized carbons (Fsp3) is 0.443. The molecule has 4 N–H and O–H groups in total. The first-order valence-corrected chi connectivity index (χ1v) is 28.8. The molecule has 0 radical (unpaired) electrons. The lowest BCUT2D eigenvalue weighted by Gasteiger charge is -2.24. The van der Waals surface area contributed by atoms with Crippen molar-refractivity contribution >= 4 is 64.8 Å². The van der Waals surface area contributed by atoms with Gasteiger partial charge in [-0.2, -0.15) is 0 Å². The summed E-state index contributed by atoms with van der Waals surface area (Å²) in [5.41, 5.74) is 8.01. The highest BCUT2D eigenvalue weighted by molar-refractivity contribution is 7.57. The second kappa shape index (κ2) is 30.7. The van der Waals surface area contributed by atoms with E-state index in [0.29, 0.717) is 55.9 Å². The Balaban J connectivity index is 1.41. The number of nitrogens with two attached hydrogens (primary N) is 1. The summed E-state index contributed by atoms with van der Waals surface area (Å²) in [5, 5.41) is 9.70. The predicted molar refractivity (Wildman–Crippen MR) is 304 cm³/mol. The summed E-state index contributed by atoms with van der Waals surface area (Å²) in [7, 11) is -0.300. The van der Waals surface area contributed by atoms with Crippen LogP contribution in [0.1, 0.15) is 104 Å². The van der Waals surface area contributed by atoms with Crippen LogP contribution in [0.5, 0.6) is 11.5 Å². The Morgan fingerprint density at radius 3 is 2.01 bits per heavy atom. The summed E-state index contributed by atoms with van der Waals surface area (Å²) in [6, 6.07) is 32.3. The topological polar surface area (TPSA) is 185 Å². The first-order chi connectivity index (χ1) is 36.1. The van der Waals surface area contributed by atoms with Crippen molar-refractivity contribution in [2.75, 3.05) is 45.8 Å². The number of rotatable bonds is 32. The summed E-state index contributed by atoms with van der Waals surface area (Å²) in [6.45, 7) is 16.5. The standard InChI is InChI=1S/C61H79N4O9P/c1-8-10-20-37-71-53-33-31-44-25-14-16-28-49(44)56(53)57-50-29-17-15-26-45(50)32-34-54(57)72-41-48(66)38-46(27-18-19-35-64-60(70)74-61(3,4)5)58(68)65-51(30-21-36-63-55(62)42-75(6)7)52(67)39-47(22-9-2)59(69)73-40-43-23-12-11-13-24-43/h9,11-17,23-26,28-29,31-34,46-47,51H,2,8,10,18-22,27,30,35-42H2,1,3-7H3,(H2,62,63)(H,64,70)(H,65,68)/t46-,47+,51+/m0/s1. The van der Waals surface area contributed by atoms with Gasteiger partial charge in [-0.3, -0.25) is 24.2 Å². The van der Waals surface area contributed by atoms with Gasteiger partial charge in [-0.25, -0.2) is 4.79 Å². The van der Waals surface area contributed by atoms with E-state index >= 15 is 0 Å². The van der Waals surface area contributed by atoms with Gasteiger partial charge in [-0.05, 0) is 112 Å². The van der Waals surface area contributed by atoms with Crippen LogP contribution in [0.2, 0.25) is 0 Å². The predicted octanol–water partition coefficient (Wildman–Crippen LogP) is 12.1. The van der Waals surface area contributed by atoms with Gasteiger partial charge in [-0.15, -0.1) is 14.5 Å². The number of Topliss-reactive ketones (excluding diaryl/α,β-unsaturated/α-hetero) is 2. The number of nitrogens with one attached hydrogen (secondary N) is 2. The molecule has 0 bridgehead atoms. The van der Waals surface area contributed by atoms with Crippen LogP contribution in [0.3, 0.4) is 0 Å². The van der Waals surface area contributed by atoms with Gasteiger partial charge in [0.2, 0.25) is 5.91 Å². The number of amides is 2. The number of ether oxygens (including phenoxy) is 4. The molecule has 0 spiro atoms. The van der Waals surface area contributed by atoms with Gasteiger partial charge in [0.25, 0.3) is 0 Å². The molecule has 75 heavy (non-hydrogen) atoms. The van der Waals surface area contributed by atoms with Gasteiger partial charge >= 0.3 is 12.1 Å². The second-order valence-electron chi connectivity index (χ2n) is 20.3. The fourth-order valence-electron chi connectivity index (χ4n) is 8.82. The molecule has 14 heteroatoms. The molecule has 5 rings (SSSR count). The number of amidine groups is 1. The molecular formula is C61H79N4O9P. The van der Waals surface area contributed by atoms with Crippen LogP contribution in [0, 0.1) is 11.8 Å². The maximum atomic E-state index is 14.6. The molecule has 5 aromatic rings. The van der Waals surface area contributed by atoms with Gasteiger partial charge in [0.05, 0.1) is 24.4 Å². The first-order valence-electron chi connectivity index (χ1n) is 26.4. The molecule has 0 aromatic heterocycles. The summed E-state index contributed by atoms with van der Waals surface area (Å²) >= 11 is 0. The van der Waals surface area contributed by atoms with Crippen molar-refractivity contribution in [3.05, 3.63) is 121 Å². The summed E-state index contributed by atoms with van der Waals surface area (Å²) in [4.78, 5) is 73.7. The lowest BCUT2D eigenvalue weighted by molar-refractivity contribution is -0.151. The smallest absolute Gasteiger partial charge is 0.407 e. The minimum atomic E-state index is -1.00. The van der Waals surface area contributed by atoms with Crippen molar-refractivity contribution < 1.29 is 42.9 Å². The summed E-state index contributed by atoms with van der Waals surface area (Å²) in [6.07, 6.45) is 6.43. The average Bonchev–Trinajstić information content (AvgIpc) is 3.38. The highest BCUT2D eigenvalue weighted by Gasteiger charge is 2.31. The number of aliphatic imine (C=N–C) groups is 1. The van der Waals surface area contributed by atoms with Crippen LogP contribution < -0.4 is 25.8 Å². The Hall–Kier alpha value is -6.59. The van der Waals surface area contributed by atoms with Crippen LogP contribution >= 0.6 is 7.92 Å². The molecular weight excluding hydrogens is 964 g/mol. The maximum Gasteiger partial charge on any atom is 0.407 e. The molecule has 0 unspecified atom stereocenters. The van der Waals surface area contributed by atoms with E-state index in [1.165, 1.54) is 0 Å². The number of benzene rings is 5. The number of ketones is 2. The fourth-order valence-corrected chi connectivity index (χ4v) is 9.57. The Morgan fingerprint density at radius 1 is 0.747 bits per heavy atom. The molecule has 2 amide bonds. The molecule has 0 aliphatic carbocycles. The molecule has 0 saturated heterocycles. The Morgan fingerprint density at radius 2 is 1.39 bits per heavy atom. The molecule has 0 fully saturated rings. The van der Waals surface area contributed by atoms with Gasteiger partial charge < -0.3 is 35.3 Å². The molecule has 0 heterocycles. The van der Waals surface area contributed by atoms with Crippen LogP contribution in [-0.4, -0.2) is 92.8 Å². The number of esters is 1. The van der Waals surface area contributed by atoms with Crippen LogP contribution in [0.25, 0.3) is 32.7 Å². The number of hydrogen-bond donors (Lipinski definition) is 3. The molecule has 0 aliphatic rings. The zero-order chi connectivity index (χ0) is 54.2. The largest absolute Gasteiger partial charge is 0.493 e. The lowest BCUT2D eigenvalue weighted by atomic mass is 9.91. The van der Waals surface area contributed by atoms with E-state index in [-0.39, 0.29) is 71.4 Å². The number of hydrogen-bond acceptors (Lipinski definition) is 10. The van der Waals surface area contributed by atoms with Gasteiger partial charge in [0.1, 0.15) is 30.3 Å². The Kier molecular flexibility index (Phi) is 24.3. The highest BCUT2D eigenvalue weighted by Crippen LogP contribution is 2.45. The summed E-state index contributed by atoms with van der Waals surface area (Å²) < 4.78 is 24.1. The quantitative estimate of drug-likeness (QED) is 0.00935. The molecule has 3 atom stereocenters. The van der Waals surface area contributed by atoms with Crippen molar-refractivity contribution in [3.8, 4) is 22.6 Å². The van der Waals surface area contributed by atoms with Crippen molar-refractivity contribution in [1.82, 2.24) is 10.6 Å². The van der Waals surface area contributed by atoms with Gasteiger partial charge in [-0.1, -0.05) is 123 Å². The average molecular weight is 1040 g/mol. The maximum absolute atomic E-state index is 14.6. The number of unbranched alkanes of at least 4 members (excludes halogenated alkanes) is 3. The van der Waals surface area contributed by atoms with Gasteiger partial charge in [0, 0.05) is 49.1 Å². The molecule has 5 aromatic carbocycles. The van der Waals surface area contributed by atoms with E-state index in [1.807, 2.05) is 84.9 Å². The zero-order valence-corrected chi connectivity index (χ0v) is 45.9. The third-order valence-corrected chi connectivity index (χ3v) is 13.5. The lowest BCUT2D eigenvalue weighted by Crippen LogP contribution is -2.45. The minimum Gasteiger partial charge on any atom is -0.493 e. The molecule has 402 valence electrons. The minimum absolute atomic E-state index is 0.0471.